The molecule has 0 saturated heterocycles. The lowest BCUT2D eigenvalue weighted by molar-refractivity contribution is -0.150. The van der Waals surface area contributed by atoms with Crippen LogP contribution in [0.2, 0.25) is 0 Å². The summed E-state index contributed by atoms with van der Waals surface area (Å²) < 4.78 is 35.9. The Labute approximate surface area is 368 Å². The molecule has 0 fully saturated rings. The van der Waals surface area contributed by atoms with Crippen molar-refractivity contribution < 1.29 is 27.8 Å². The quantitative estimate of drug-likeness (QED) is 0.0212. The Morgan fingerprint density at radius 1 is 0.508 bits per heavy atom. The molecule has 0 spiro atoms. The fourth-order valence-electron chi connectivity index (χ4n) is 7.79. The molecule has 1 atom stereocenters. The number of ether oxygens (including phenoxy) is 2. The minimum Gasteiger partial charge on any atom is -0.466 e. The van der Waals surface area contributed by atoms with Gasteiger partial charge in [-0.05, 0) is 90.3 Å². The van der Waals surface area contributed by atoms with Crippen molar-refractivity contribution >= 4 is 29.0 Å². The topological polar surface area (TPSA) is 109 Å². The number of amidine groups is 1. The van der Waals surface area contributed by atoms with Crippen LogP contribution in [0, 0.1) is 0 Å². The highest BCUT2D eigenvalue weighted by Gasteiger charge is 2.15. The molecule has 1 unspecified atom stereocenters. The second kappa shape index (κ2) is 44.5. The van der Waals surface area contributed by atoms with E-state index < -0.39 is 11.3 Å². The molecule has 0 aromatic carbocycles. The Balaban J connectivity index is 4.55. The van der Waals surface area contributed by atoms with Crippen LogP contribution >= 0.6 is 0 Å². The highest BCUT2D eigenvalue weighted by Crippen LogP contribution is 2.19. The van der Waals surface area contributed by atoms with Gasteiger partial charge in [0.2, 0.25) is 0 Å². The van der Waals surface area contributed by atoms with Crippen LogP contribution in [0.25, 0.3) is 0 Å². The van der Waals surface area contributed by atoms with Crippen LogP contribution in [0.15, 0.2) is 4.40 Å². The average Bonchev–Trinajstić information content (AvgIpc) is 3.21. The van der Waals surface area contributed by atoms with Crippen molar-refractivity contribution in [2.75, 3.05) is 40.3 Å². The van der Waals surface area contributed by atoms with Crippen molar-refractivity contribution in [3.63, 3.8) is 0 Å². The fourth-order valence-corrected chi connectivity index (χ4v) is 8.23. The largest absolute Gasteiger partial charge is 0.466 e. The lowest BCUT2D eigenvalue weighted by Crippen LogP contribution is -2.28. The van der Waals surface area contributed by atoms with Crippen molar-refractivity contribution in [1.82, 2.24) is 9.80 Å². The predicted molar refractivity (Wildman–Crippen MR) is 252 cm³/mol. The highest BCUT2D eigenvalue weighted by atomic mass is 32.2. The van der Waals surface area contributed by atoms with Gasteiger partial charge >= 0.3 is 11.9 Å². The highest BCUT2D eigenvalue weighted by molar-refractivity contribution is 7.78. The van der Waals surface area contributed by atoms with Crippen LogP contribution in [0.5, 0.6) is 0 Å². The van der Waals surface area contributed by atoms with E-state index in [2.05, 4.69) is 30.1 Å². The summed E-state index contributed by atoms with van der Waals surface area (Å²) >= 11 is -2.18. The molecule has 59 heavy (non-hydrogen) atoms. The monoisotopic (exact) mass is 856 g/mol. The van der Waals surface area contributed by atoms with E-state index in [1.54, 1.807) is 0 Å². The second-order valence-corrected chi connectivity index (χ2v) is 18.2. The van der Waals surface area contributed by atoms with Crippen LogP contribution in [-0.2, 0) is 30.3 Å². The van der Waals surface area contributed by atoms with Crippen molar-refractivity contribution in [2.24, 2.45) is 4.40 Å². The Bertz CT molecular complexity index is 981. The van der Waals surface area contributed by atoms with Gasteiger partial charge in [-0.3, -0.25) is 14.1 Å². The van der Waals surface area contributed by atoms with E-state index in [1.807, 2.05) is 19.0 Å². The summed E-state index contributed by atoms with van der Waals surface area (Å²) in [5, 5.41) is 0. The first-order valence-corrected chi connectivity index (χ1v) is 26.2. The zero-order valence-electron chi connectivity index (χ0n) is 39.6. The molecule has 0 amide bonds. The summed E-state index contributed by atoms with van der Waals surface area (Å²) in [7, 11) is 3.73. The maximum absolute atomic E-state index is 12.9. The number of carbonyl (C=O) groups is 2. The van der Waals surface area contributed by atoms with E-state index in [1.165, 1.54) is 116 Å². The zero-order valence-corrected chi connectivity index (χ0v) is 40.4. The molecule has 0 aromatic rings. The number of carbonyl (C=O) groups excluding carboxylic acids is 2. The smallest absolute Gasteiger partial charge is 0.306 e. The standard InChI is InChI=1S/C49H97N3O6S/c1-6-9-12-15-18-27-36-45-57-48(53)40-30-23-19-25-33-42-52(44-35-32-39-47(51(4)5)50-59(55)56)43-34-26-20-24-31-41-49(54)58-46(37-28-21-16-13-10-7-2)38-29-22-17-14-11-8-3/h46H,6-45H2,1-5H3,(H,55,56)/b50-47-. The summed E-state index contributed by atoms with van der Waals surface area (Å²) in [4.78, 5) is 29.4. The van der Waals surface area contributed by atoms with Gasteiger partial charge < -0.3 is 19.3 Å². The first-order chi connectivity index (χ1) is 28.7. The molecule has 0 radical (unpaired) electrons. The zero-order chi connectivity index (χ0) is 43.4. The summed E-state index contributed by atoms with van der Waals surface area (Å²) in [6, 6.07) is 0. The van der Waals surface area contributed by atoms with Crippen molar-refractivity contribution in [3.05, 3.63) is 0 Å². The fraction of sp³-hybridized carbons (Fsp3) is 0.939. The van der Waals surface area contributed by atoms with Crippen LogP contribution in [-0.4, -0.2) is 82.8 Å². The Morgan fingerprint density at radius 2 is 0.881 bits per heavy atom. The lowest BCUT2D eigenvalue weighted by Gasteiger charge is -2.23. The molecule has 0 bridgehead atoms. The molecular formula is C49H97N3O6S. The maximum Gasteiger partial charge on any atom is 0.306 e. The molecule has 0 saturated carbocycles. The van der Waals surface area contributed by atoms with E-state index >= 15 is 0 Å². The molecule has 0 aromatic heterocycles. The number of nitrogens with zero attached hydrogens (tertiary/aromatic N) is 3. The molecule has 0 aliphatic carbocycles. The van der Waals surface area contributed by atoms with Gasteiger partial charge in [-0.1, -0.05) is 162 Å². The molecule has 1 N–H and O–H groups in total. The van der Waals surface area contributed by atoms with Gasteiger partial charge in [-0.15, -0.1) is 4.40 Å². The number of unbranched alkanes of at least 4 members (excludes halogenated alkanes) is 25. The Hall–Kier alpha value is -1.52. The van der Waals surface area contributed by atoms with Crippen molar-refractivity contribution in [2.45, 2.75) is 258 Å². The summed E-state index contributed by atoms with van der Waals surface area (Å²) in [6.07, 6.45) is 40.6. The molecule has 350 valence electrons. The van der Waals surface area contributed by atoms with Gasteiger partial charge in [-0.2, -0.15) is 0 Å². The molecular weight excluding hydrogens is 759 g/mol. The molecule has 0 aliphatic heterocycles. The number of esters is 2. The predicted octanol–water partition coefficient (Wildman–Crippen LogP) is 13.9. The minimum atomic E-state index is -2.18. The first-order valence-electron chi connectivity index (χ1n) is 25.2. The van der Waals surface area contributed by atoms with Gasteiger partial charge in [-0.25, -0.2) is 4.21 Å². The van der Waals surface area contributed by atoms with Gasteiger partial charge in [0, 0.05) is 33.4 Å². The third kappa shape index (κ3) is 41.6. The van der Waals surface area contributed by atoms with E-state index in [0.29, 0.717) is 31.7 Å². The molecule has 0 aliphatic rings. The lowest BCUT2D eigenvalue weighted by atomic mass is 10.0. The first kappa shape index (κ1) is 57.5. The third-order valence-electron chi connectivity index (χ3n) is 11.6. The van der Waals surface area contributed by atoms with Crippen LogP contribution in [0.3, 0.4) is 0 Å². The van der Waals surface area contributed by atoms with Gasteiger partial charge in [0.1, 0.15) is 11.9 Å². The molecule has 10 heteroatoms. The van der Waals surface area contributed by atoms with Crippen LogP contribution in [0.1, 0.15) is 252 Å². The Morgan fingerprint density at radius 3 is 1.34 bits per heavy atom. The molecule has 9 nitrogen and oxygen atoms in total. The van der Waals surface area contributed by atoms with Gasteiger partial charge in [0.25, 0.3) is 11.3 Å². The van der Waals surface area contributed by atoms with Gasteiger partial charge in [0.05, 0.1) is 6.61 Å². The summed E-state index contributed by atoms with van der Waals surface area (Å²) in [6.45, 7) is 10.5. The van der Waals surface area contributed by atoms with Crippen molar-refractivity contribution in [3.8, 4) is 0 Å². The number of hydrogen-bond acceptors (Lipinski definition) is 6. The van der Waals surface area contributed by atoms with Crippen LogP contribution < -0.4 is 0 Å². The second-order valence-electron chi connectivity index (χ2n) is 17.5. The third-order valence-corrected chi connectivity index (χ3v) is 12.0. The minimum absolute atomic E-state index is 0.00424. The number of rotatable bonds is 45. The van der Waals surface area contributed by atoms with E-state index in [-0.39, 0.29) is 18.0 Å². The summed E-state index contributed by atoms with van der Waals surface area (Å²) in [5.41, 5.74) is 0. The Kier molecular flexibility index (Phi) is 43.4. The van der Waals surface area contributed by atoms with Crippen molar-refractivity contribution in [1.29, 1.82) is 0 Å². The number of hydrogen-bond donors (Lipinski definition) is 1. The van der Waals surface area contributed by atoms with E-state index in [9.17, 15) is 18.4 Å². The van der Waals surface area contributed by atoms with E-state index in [0.717, 1.165) is 116 Å². The maximum atomic E-state index is 12.9. The normalized spacial score (nSPS) is 12.4. The summed E-state index contributed by atoms with van der Waals surface area (Å²) in [5.74, 6) is 0.625. The van der Waals surface area contributed by atoms with Crippen LogP contribution in [0.4, 0.5) is 0 Å². The van der Waals surface area contributed by atoms with Gasteiger partial charge in [0.15, 0.2) is 0 Å². The molecule has 0 heterocycles. The SMILES string of the molecule is CCCCCCCCCOC(=O)CCCCCCCN(CCCCCCCC(=O)OC(CCCCCCCC)CCCCCCCC)CCCC/C(=N/S(=O)O)N(C)C. The average molecular weight is 856 g/mol. The molecule has 0 rings (SSSR count). The van der Waals surface area contributed by atoms with E-state index in [4.69, 9.17) is 9.47 Å².